The zero-order valence-corrected chi connectivity index (χ0v) is 11.3. The molecule has 100 valence electrons. The molecule has 1 aromatic carbocycles. The molecule has 2 N–H and O–H groups in total. The summed E-state index contributed by atoms with van der Waals surface area (Å²) in [6.07, 6.45) is 1.26. The van der Waals surface area contributed by atoms with Gasteiger partial charge in [-0.1, -0.05) is 17.7 Å². The molecule has 1 aromatic heterocycles. The number of benzene rings is 1. The van der Waals surface area contributed by atoms with Crippen LogP contribution in [0.1, 0.15) is 32.8 Å². The summed E-state index contributed by atoms with van der Waals surface area (Å²) in [6.45, 7) is 6.63. The fraction of sp³-hybridized carbons (Fsp3) is 0.267. The topological polar surface area (TPSA) is 62.5 Å². The molecule has 0 aliphatic carbocycles. The van der Waals surface area contributed by atoms with E-state index < -0.39 is 5.97 Å². The molecular weight excluding hydrogens is 242 g/mol. The molecule has 0 fully saturated rings. The first-order chi connectivity index (χ1) is 8.97. The van der Waals surface area contributed by atoms with E-state index in [-0.39, 0.29) is 5.56 Å². The predicted molar refractivity (Wildman–Crippen MR) is 73.6 cm³/mol. The highest BCUT2D eigenvalue weighted by molar-refractivity contribution is 5.87. The first-order valence-corrected chi connectivity index (χ1v) is 6.10. The Bertz CT molecular complexity index is 591. The van der Waals surface area contributed by atoms with Crippen LogP contribution in [0, 0.1) is 20.8 Å². The zero-order valence-electron chi connectivity index (χ0n) is 11.3. The lowest BCUT2D eigenvalue weighted by Gasteiger charge is -2.12. The third-order valence-corrected chi connectivity index (χ3v) is 3.02. The predicted octanol–water partition coefficient (Wildman–Crippen LogP) is 3.52. The van der Waals surface area contributed by atoms with Gasteiger partial charge >= 0.3 is 5.97 Å². The van der Waals surface area contributed by atoms with Gasteiger partial charge in [-0.05, 0) is 38.0 Å². The number of furan rings is 1. The van der Waals surface area contributed by atoms with E-state index in [1.807, 2.05) is 13.8 Å². The fourth-order valence-electron chi connectivity index (χ4n) is 2.22. The van der Waals surface area contributed by atoms with Crippen LogP contribution < -0.4 is 5.32 Å². The number of anilines is 1. The van der Waals surface area contributed by atoms with Crippen LogP contribution in [0.2, 0.25) is 0 Å². The Hall–Kier alpha value is -2.23. The van der Waals surface area contributed by atoms with Crippen LogP contribution in [-0.4, -0.2) is 11.1 Å². The van der Waals surface area contributed by atoms with E-state index >= 15 is 0 Å². The van der Waals surface area contributed by atoms with Gasteiger partial charge in [0.1, 0.15) is 12.0 Å². The minimum absolute atomic E-state index is 0.175. The molecular formula is C15H17NO3. The Labute approximate surface area is 112 Å². The number of aryl methyl sites for hydroxylation is 3. The molecule has 1 heterocycles. The normalized spacial score (nSPS) is 10.5. The highest BCUT2D eigenvalue weighted by Crippen LogP contribution is 2.22. The molecule has 0 unspecified atom stereocenters. The third kappa shape index (κ3) is 2.96. The first-order valence-electron chi connectivity index (χ1n) is 6.10. The smallest absolute Gasteiger partial charge is 0.338 e. The lowest BCUT2D eigenvalue weighted by atomic mass is 10.1. The van der Waals surface area contributed by atoms with Crippen LogP contribution in [0.5, 0.6) is 0 Å². The summed E-state index contributed by atoms with van der Waals surface area (Å²) in [4.78, 5) is 10.8. The van der Waals surface area contributed by atoms with Crippen molar-refractivity contribution in [2.75, 3.05) is 5.32 Å². The van der Waals surface area contributed by atoms with Gasteiger partial charge in [-0.25, -0.2) is 4.79 Å². The summed E-state index contributed by atoms with van der Waals surface area (Å²) >= 11 is 0. The zero-order chi connectivity index (χ0) is 14.0. The maximum atomic E-state index is 10.8. The van der Waals surface area contributed by atoms with E-state index in [0.717, 1.165) is 5.69 Å². The third-order valence-electron chi connectivity index (χ3n) is 3.02. The first kappa shape index (κ1) is 13.2. The van der Waals surface area contributed by atoms with E-state index in [2.05, 4.69) is 24.4 Å². The van der Waals surface area contributed by atoms with Crippen LogP contribution in [-0.2, 0) is 6.54 Å². The number of nitrogens with one attached hydrogen (secondary N) is 1. The van der Waals surface area contributed by atoms with Gasteiger partial charge in [-0.15, -0.1) is 0 Å². The number of carboxylic acids is 1. The van der Waals surface area contributed by atoms with Gasteiger partial charge in [0.15, 0.2) is 0 Å². The van der Waals surface area contributed by atoms with E-state index in [1.165, 1.54) is 29.0 Å². The molecule has 2 aromatic rings. The van der Waals surface area contributed by atoms with E-state index in [4.69, 9.17) is 9.52 Å². The number of hydrogen-bond donors (Lipinski definition) is 2. The SMILES string of the molecule is Cc1cc(C)c(NCc2cc(C(=O)O)co2)c(C)c1. The Morgan fingerprint density at radius 3 is 2.37 bits per heavy atom. The molecule has 0 aliphatic rings. The van der Waals surface area contributed by atoms with Crippen molar-refractivity contribution in [2.24, 2.45) is 0 Å². The average molecular weight is 259 g/mol. The van der Waals surface area contributed by atoms with Crippen molar-refractivity contribution in [1.29, 1.82) is 0 Å². The summed E-state index contributed by atoms with van der Waals surface area (Å²) in [5.74, 6) is -0.366. The van der Waals surface area contributed by atoms with Gasteiger partial charge in [0.2, 0.25) is 0 Å². The second-order valence-electron chi connectivity index (χ2n) is 4.73. The molecule has 19 heavy (non-hydrogen) atoms. The number of hydrogen-bond acceptors (Lipinski definition) is 3. The standard InChI is InChI=1S/C15H17NO3/c1-9-4-10(2)14(11(3)5-9)16-7-13-6-12(8-19-13)15(17)18/h4-6,8,16H,7H2,1-3H3,(H,17,18). The molecule has 4 heteroatoms. The molecule has 0 atom stereocenters. The van der Waals surface area contributed by atoms with Gasteiger partial charge in [0.05, 0.1) is 12.1 Å². The molecule has 4 nitrogen and oxygen atoms in total. The van der Waals surface area contributed by atoms with Crippen molar-refractivity contribution >= 4 is 11.7 Å². The van der Waals surface area contributed by atoms with Crippen LogP contribution in [0.25, 0.3) is 0 Å². The van der Waals surface area contributed by atoms with Crippen molar-refractivity contribution in [1.82, 2.24) is 0 Å². The number of carboxylic acid groups (broad SMARTS) is 1. The van der Waals surface area contributed by atoms with Crippen LogP contribution in [0.15, 0.2) is 28.9 Å². The van der Waals surface area contributed by atoms with E-state index in [0.29, 0.717) is 12.3 Å². The second kappa shape index (κ2) is 5.18. The fourth-order valence-corrected chi connectivity index (χ4v) is 2.22. The van der Waals surface area contributed by atoms with Crippen LogP contribution in [0.3, 0.4) is 0 Å². The number of aromatic carboxylic acids is 1. The molecule has 2 rings (SSSR count). The Balaban J connectivity index is 2.12. The second-order valence-corrected chi connectivity index (χ2v) is 4.73. The average Bonchev–Trinajstić information content (AvgIpc) is 2.76. The quantitative estimate of drug-likeness (QED) is 0.881. The Morgan fingerprint density at radius 1 is 1.21 bits per heavy atom. The minimum atomic E-state index is -0.974. The lowest BCUT2D eigenvalue weighted by molar-refractivity contribution is 0.0696. The Morgan fingerprint density at radius 2 is 1.84 bits per heavy atom. The summed E-state index contributed by atoms with van der Waals surface area (Å²) in [6, 6.07) is 5.76. The van der Waals surface area contributed by atoms with Crippen LogP contribution >= 0.6 is 0 Å². The van der Waals surface area contributed by atoms with E-state index in [9.17, 15) is 4.79 Å². The summed E-state index contributed by atoms with van der Waals surface area (Å²) in [5.41, 5.74) is 4.81. The molecule has 0 aliphatic heterocycles. The Kier molecular flexibility index (Phi) is 3.60. The molecule has 0 radical (unpaired) electrons. The number of rotatable bonds is 4. The van der Waals surface area contributed by atoms with Crippen molar-refractivity contribution in [3.63, 3.8) is 0 Å². The molecule has 0 spiro atoms. The van der Waals surface area contributed by atoms with Gasteiger partial charge in [0, 0.05) is 5.69 Å². The summed E-state index contributed by atoms with van der Waals surface area (Å²) in [5, 5.41) is 12.1. The molecule has 0 saturated heterocycles. The van der Waals surface area contributed by atoms with Crippen molar-refractivity contribution in [3.05, 3.63) is 52.5 Å². The van der Waals surface area contributed by atoms with E-state index in [1.54, 1.807) is 0 Å². The largest absolute Gasteiger partial charge is 0.478 e. The maximum absolute atomic E-state index is 10.8. The lowest BCUT2D eigenvalue weighted by Crippen LogP contribution is -2.02. The van der Waals surface area contributed by atoms with Crippen molar-refractivity contribution in [2.45, 2.75) is 27.3 Å². The van der Waals surface area contributed by atoms with Gasteiger partial charge in [-0.2, -0.15) is 0 Å². The van der Waals surface area contributed by atoms with Crippen LogP contribution in [0.4, 0.5) is 5.69 Å². The molecule has 0 saturated carbocycles. The number of carbonyl (C=O) groups is 1. The van der Waals surface area contributed by atoms with Gasteiger partial charge in [-0.3, -0.25) is 0 Å². The monoisotopic (exact) mass is 259 g/mol. The maximum Gasteiger partial charge on any atom is 0.338 e. The van der Waals surface area contributed by atoms with Crippen molar-refractivity contribution in [3.8, 4) is 0 Å². The summed E-state index contributed by atoms with van der Waals surface area (Å²) < 4.78 is 5.21. The van der Waals surface area contributed by atoms with Crippen molar-refractivity contribution < 1.29 is 14.3 Å². The highest BCUT2D eigenvalue weighted by Gasteiger charge is 2.09. The molecule has 0 bridgehead atoms. The summed E-state index contributed by atoms with van der Waals surface area (Å²) in [7, 11) is 0. The highest BCUT2D eigenvalue weighted by atomic mass is 16.4. The van der Waals surface area contributed by atoms with Gasteiger partial charge < -0.3 is 14.8 Å². The molecule has 0 amide bonds. The minimum Gasteiger partial charge on any atom is -0.478 e. The van der Waals surface area contributed by atoms with Gasteiger partial charge in [0.25, 0.3) is 0 Å².